The minimum Gasteiger partial charge on any atom is -0.399 e. The number of nitrogens with zero attached hydrogens (tertiary/aromatic N) is 1. The Morgan fingerprint density at radius 1 is 1.41 bits per heavy atom. The van der Waals surface area contributed by atoms with Crippen LogP contribution in [-0.2, 0) is 4.74 Å². The molecule has 0 atom stereocenters. The van der Waals surface area contributed by atoms with E-state index < -0.39 is 0 Å². The summed E-state index contributed by atoms with van der Waals surface area (Å²) < 4.78 is 5.58. The van der Waals surface area contributed by atoms with Crippen LogP contribution in [0.1, 0.15) is 37.0 Å². The Morgan fingerprint density at radius 3 is 2.77 bits per heavy atom. The molecule has 122 valence electrons. The molecule has 1 aliphatic heterocycles. The number of hydrogen-bond acceptors (Lipinski definition) is 4. The second-order valence-corrected chi connectivity index (χ2v) is 6.13. The van der Waals surface area contributed by atoms with Crippen molar-refractivity contribution in [2.24, 2.45) is 0 Å². The second-order valence-electron chi connectivity index (χ2n) is 6.13. The van der Waals surface area contributed by atoms with E-state index in [-0.39, 0.29) is 18.1 Å². The number of likely N-dealkylation sites (tertiary alicyclic amines) is 1. The number of carbonyl (C=O) groups excluding carboxylic acids is 1. The molecule has 1 aliphatic rings. The molecule has 5 nitrogen and oxygen atoms in total. The van der Waals surface area contributed by atoms with Crippen LogP contribution in [0.4, 0.5) is 5.69 Å². The normalized spacial score (nSPS) is 16.9. The van der Waals surface area contributed by atoms with Crippen molar-refractivity contribution in [3.8, 4) is 0 Å². The summed E-state index contributed by atoms with van der Waals surface area (Å²) in [5.74, 6) is -0.0334. The van der Waals surface area contributed by atoms with E-state index in [4.69, 9.17) is 10.5 Å². The van der Waals surface area contributed by atoms with Crippen LogP contribution in [0, 0.1) is 0 Å². The van der Waals surface area contributed by atoms with E-state index in [2.05, 4.69) is 24.1 Å². The van der Waals surface area contributed by atoms with Gasteiger partial charge >= 0.3 is 0 Å². The molecule has 0 saturated carbocycles. The number of amides is 1. The topological polar surface area (TPSA) is 67.6 Å². The average molecular weight is 305 g/mol. The predicted molar refractivity (Wildman–Crippen MR) is 88.9 cm³/mol. The summed E-state index contributed by atoms with van der Waals surface area (Å²) in [4.78, 5) is 14.6. The van der Waals surface area contributed by atoms with Crippen molar-refractivity contribution in [3.05, 3.63) is 29.8 Å². The molecule has 5 heteroatoms. The number of nitrogens with two attached hydrogens (primary N) is 1. The van der Waals surface area contributed by atoms with E-state index in [0.717, 1.165) is 39.1 Å². The zero-order chi connectivity index (χ0) is 15.9. The molecule has 2 rings (SSSR count). The quantitative estimate of drug-likeness (QED) is 0.788. The van der Waals surface area contributed by atoms with Gasteiger partial charge in [-0.15, -0.1) is 0 Å². The fourth-order valence-electron chi connectivity index (χ4n) is 2.67. The van der Waals surface area contributed by atoms with Crippen molar-refractivity contribution < 1.29 is 9.53 Å². The Kier molecular flexibility index (Phi) is 6.21. The number of hydrogen-bond donors (Lipinski definition) is 2. The van der Waals surface area contributed by atoms with Gasteiger partial charge in [0.25, 0.3) is 5.91 Å². The van der Waals surface area contributed by atoms with Gasteiger partial charge in [0.2, 0.25) is 0 Å². The summed E-state index contributed by atoms with van der Waals surface area (Å²) >= 11 is 0. The van der Waals surface area contributed by atoms with E-state index in [9.17, 15) is 4.79 Å². The van der Waals surface area contributed by atoms with Gasteiger partial charge in [-0.1, -0.05) is 6.07 Å². The first-order valence-electron chi connectivity index (χ1n) is 8.05. The van der Waals surface area contributed by atoms with Gasteiger partial charge in [0.05, 0.1) is 12.7 Å². The van der Waals surface area contributed by atoms with E-state index in [1.165, 1.54) is 0 Å². The highest BCUT2D eigenvalue weighted by Crippen LogP contribution is 2.12. The van der Waals surface area contributed by atoms with Gasteiger partial charge in [0, 0.05) is 36.9 Å². The maximum absolute atomic E-state index is 12.2. The van der Waals surface area contributed by atoms with Crippen LogP contribution in [0.5, 0.6) is 0 Å². The number of carbonyl (C=O) groups is 1. The molecule has 1 aromatic rings. The number of benzene rings is 1. The van der Waals surface area contributed by atoms with E-state index >= 15 is 0 Å². The Balaban J connectivity index is 1.72. The third-order valence-electron chi connectivity index (χ3n) is 3.93. The molecule has 0 bridgehead atoms. The summed E-state index contributed by atoms with van der Waals surface area (Å²) in [6, 6.07) is 7.35. The molecule has 3 N–H and O–H groups in total. The Hall–Kier alpha value is -1.59. The summed E-state index contributed by atoms with van der Waals surface area (Å²) in [7, 11) is 0. The average Bonchev–Trinajstić information content (AvgIpc) is 2.48. The van der Waals surface area contributed by atoms with E-state index in [0.29, 0.717) is 11.3 Å². The van der Waals surface area contributed by atoms with Gasteiger partial charge < -0.3 is 20.7 Å². The lowest BCUT2D eigenvalue weighted by molar-refractivity contribution is 0.0520. The molecule has 0 aliphatic carbocycles. The van der Waals surface area contributed by atoms with Crippen molar-refractivity contribution in [1.29, 1.82) is 0 Å². The van der Waals surface area contributed by atoms with E-state index in [1.54, 1.807) is 18.2 Å². The third kappa shape index (κ3) is 5.31. The molecule has 1 aromatic carbocycles. The Bertz CT molecular complexity index is 483. The summed E-state index contributed by atoms with van der Waals surface area (Å²) in [5.41, 5.74) is 6.97. The molecular weight excluding hydrogens is 278 g/mol. The maximum Gasteiger partial charge on any atom is 0.251 e. The number of anilines is 1. The standard InChI is InChI=1S/C17H27N3O2/c1-13(2)22-11-10-20-8-6-16(7-9-20)19-17(21)14-4-3-5-15(18)12-14/h3-5,12-13,16H,6-11,18H2,1-2H3,(H,19,21). The van der Waals surface area contributed by atoms with Crippen molar-refractivity contribution in [1.82, 2.24) is 10.2 Å². The maximum atomic E-state index is 12.2. The zero-order valence-corrected chi connectivity index (χ0v) is 13.5. The number of ether oxygens (including phenoxy) is 1. The van der Waals surface area contributed by atoms with Gasteiger partial charge in [-0.3, -0.25) is 4.79 Å². The van der Waals surface area contributed by atoms with Crippen LogP contribution in [-0.4, -0.2) is 49.2 Å². The van der Waals surface area contributed by atoms with Crippen LogP contribution in [0.2, 0.25) is 0 Å². The predicted octanol–water partition coefficient (Wildman–Crippen LogP) is 1.89. The first-order chi connectivity index (χ1) is 10.5. The summed E-state index contributed by atoms with van der Waals surface area (Å²) in [6.45, 7) is 7.86. The lowest BCUT2D eigenvalue weighted by Gasteiger charge is -2.32. The molecule has 1 heterocycles. The van der Waals surface area contributed by atoms with Gasteiger partial charge in [0.15, 0.2) is 0 Å². The number of rotatable bonds is 6. The second kappa shape index (κ2) is 8.15. The molecule has 0 radical (unpaired) electrons. The lowest BCUT2D eigenvalue weighted by atomic mass is 10.0. The van der Waals surface area contributed by atoms with E-state index in [1.807, 2.05) is 6.07 Å². The molecule has 22 heavy (non-hydrogen) atoms. The highest BCUT2D eigenvalue weighted by molar-refractivity contribution is 5.95. The fraction of sp³-hybridized carbons (Fsp3) is 0.588. The molecule has 1 saturated heterocycles. The molecule has 0 unspecified atom stereocenters. The highest BCUT2D eigenvalue weighted by atomic mass is 16.5. The number of nitrogen functional groups attached to an aromatic ring is 1. The van der Waals surface area contributed by atoms with Crippen LogP contribution < -0.4 is 11.1 Å². The monoisotopic (exact) mass is 305 g/mol. The van der Waals surface area contributed by atoms with Crippen LogP contribution in [0.15, 0.2) is 24.3 Å². The number of piperidine rings is 1. The largest absolute Gasteiger partial charge is 0.399 e. The van der Waals surface area contributed by atoms with Crippen molar-refractivity contribution in [2.75, 3.05) is 32.0 Å². The summed E-state index contributed by atoms with van der Waals surface area (Å²) in [6.07, 6.45) is 2.25. The van der Waals surface area contributed by atoms with Gasteiger partial charge in [-0.05, 0) is 44.9 Å². The Labute approximate surface area is 132 Å². The van der Waals surface area contributed by atoms with Gasteiger partial charge in [0.1, 0.15) is 0 Å². The van der Waals surface area contributed by atoms with Crippen LogP contribution in [0.3, 0.4) is 0 Å². The Morgan fingerprint density at radius 2 is 2.14 bits per heavy atom. The fourth-order valence-corrected chi connectivity index (χ4v) is 2.67. The third-order valence-corrected chi connectivity index (χ3v) is 3.93. The first kappa shape index (κ1) is 16.8. The minimum atomic E-state index is -0.0334. The smallest absolute Gasteiger partial charge is 0.251 e. The minimum absolute atomic E-state index is 0.0334. The van der Waals surface area contributed by atoms with Crippen LogP contribution in [0.25, 0.3) is 0 Å². The first-order valence-corrected chi connectivity index (χ1v) is 8.05. The molecule has 1 amide bonds. The van der Waals surface area contributed by atoms with Gasteiger partial charge in [-0.2, -0.15) is 0 Å². The van der Waals surface area contributed by atoms with Crippen molar-refractivity contribution in [3.63, 3.8) is 0 Å². The zero-order valence-electron chi connectivity index (χ0n) is 13.5. The molecule has 0 spiro atoms. The van der Waals surface area contributed by atoms with Crippen molar-refractivity contribution >= 4 is 11.6 Å². The molecular formula is C17H27N3O2. The van der Waals surface area contributed by atoms with Gasteiger partial charge in [-0.25, -0.2) is 0 Å². The molecule has 1 fully saturated rings. The molecule has 0 aromatic heterocycles. The number of nitrogens with one attached hydrogen (secondary N) is 1. The highest BCUT2D eigenvalue weighted by Gasteiger charge is 2.21. The summed E-state index contributed by atoms with van der Waals surface area (Å²) in [5, 5.41) is 3.10. The van der Waals surface area contributed by atoms with Crippen molar-refractivity contribution in [2.45, 2.75) is 38.8 Å². The van der Waals surface area contributed by atoms with Crippen LogP contribution >= 0.6 is 0 Å². The lowest BCUT2D eigenvalue weighted by Crippen LogP contribution is -2.45. The SMILES string of the molecule is CC(C)OCCN1CCC(NC(=O)c2cccc(N)c2)CC1.